The number of esters is 1. The molecule has 0 rings (SSSR count). The lowest BCUT2D eigenvalue weighted by atomic mass is 10.3. The van der Waals surface area contributed by atoms with Gasteiger partial charge < -0.3 is 15.8 Å². The minimum atomic E-state index is -0.626. The Kier molecular flexibility index (Phi) is 6.13. The largest absolute Gasteiger partial charge is 0.464 e. The summed E-state index contributed by atoms with van der Waals surface area (Å²) < 4.78 is 4.75. The van der Waals surface area contributed by atoms with Gasteiger partial charge in [-0.05, 0) is 0 Å². The van der Waals surface area contributed by atoms with Gasteiger partial charge in [-0.15, -0.1) is 0 Å². The summed E-state index contributed by atoms with van der Waals surface area (Å²) in [4.78, 5) is 21.1. The van der Waals surface area contributed by atoms with Crippen molar-refractivity contribution in [3.05, 3.63) is 0 Å². The van der Waals surface area contributed by atoms with Crippen molar-refractivity contribution in [3.63, 3.8) is 0 Å². The number of carbonyl (C=O) groups excluding carboxylic acids is 2. The lowest BCUT2D eigenvalue weighted by Gasteiger charge is -2.05. The zero-order valence-electron chi connectivity index (χ0n) is 7.45. The fourth-order valence-electron chi connectivity index (χ4n) is 0.639. The molecule has 76 valence electrons. The van der Waals surface area contributed by atoms with Crippen molar-refractivity contribution in [1.29, 1.82) is 0 Å². The van der Waals surface area contributed by atoms with E-state index in [0.29, 0.717) is 0 Å². The van der Waals surface area contributed by atoms with Gasteiger partial charge in [0.15, 0.2) is 0 Å². The molecule has 13 heavy (non-hydrogen) atoms. The van der Waals surface area contributed by atoms with Gasteiger partial charge in [0.2, 0.25) is 0 Å². The lowest BCUT2D eigenvalue weighted by Crippen LogP contribution is -2.32. The van der Waals surface area contributed by atoms with E-state index in [-0.39, 0.29) is 30.8 Å². The maximum Gasteiger partial charge on any atom is 0.312 e. The highest BCUT2D eigenvalue weighted by Crippen LogP contribution is 2.00. The van der Waals surface area contributed by atoms with Crippen molar-refractivity contribution in [2.24, 2.45) is 5.73 Å². The van der Waals surface area contributed by atoms with Crippen LogP contribution in [0.25, 0.3) is 0 Å². The Bertz CT molecular complexity index is 185. The highest BCUT2D eigenvalue weighted by Gasteiger charge is 2.05. The second-order valence-electron chi connectivity index (χ2n) is 2.56. The van der Waals surface area contributed by atoms with Crippen LogP contribution in [0.2, 0.25) is 0 Å². The van der Waals surface area contributed by atoms with Crippen LogP contribution in [0.1, 0.15) is 13.3 Å². The third-order valence-corrected chi connectivity index (χ3v) is 1.31. The maximum atomic E-state index is 10.9. The van der Waals surface area contributed by atoms with Crippen LogP contribution in [-0.4, -0.2) is 30.4 Å². The molecule has 0 aliphatic heterocycles. The number of hydrogen-bond donors (Lipinski definition) is 3. The molecule has 0 spiro atoms. The standard InChI is InChI=1S/C7H14N2O3S/c1-5(13)4-6(10)12-3-2-9-7(8)11/h5,13H,2-4H2,1H3,(H3,8,9,11). The quantitative estimate of drug-likeness (QED) is 0.334. The summed E-state index contributed by atoms with van der Waals surface area (Å²) in [5, 5.41) is 2.28. The van der Waals surface area contributed by atoms with Gasteiger partial charge >= 0.3 is 12.0 Å². The van der Waals surface area contributed by atoms with E-state index in [1.54, 1.807) is 6.92 Å². The van der Waals surface area contributed by atoms with Crippen LogP contribution >= 0.6 is 12.6 Å². The number of hydrogen-bond acceptors (Lipinski definition) is 4. The summed E-state index contributed by atoms with van der Waals surface area (Å²) in [7, 11) is 0. The van der Waals surface area contributed by atoms with E-state index in [1.807, 2.05) is 0 Å². The molecule has 2 amide bonds. The number of nitrogens with one attached hydrogen (secondary N) is 1. The van der Waals surface area contributed by atoms with Crippen molar-refractivity contribution in [1.82, 2.24) is 5.32 Å². The first-order valence-corrected chi connectivity index (χ1v) is 4.41. The number of urea groups is 1. The van der Waals surface area contributed by atoms with Crippen molar-refractivity contribution >= 4 is 24.6 Å². The monoisotopic (exact) mass is 206 g/mol. The molecule has 0 saturated carbocycles. The SMILES string of the molecule is CC(S)CC(=O)OCCNC(N)=O. The zero-order chi connectivity index (χ0) is 10.3. The number of carbonyl (C=O) groups is 2. The van der Waals surface area contributed by atoms with E-state index in [1.165, 1.54) is 0 Å². The first-order chi connectivity index (χ1) is 6.02. The molecule has 0 aromatic heterocycles. The number of amides is 2. The van der Waals surface area contributed by atoms with Crippen LogP contribution in [0.3, 0.4) is 0 Å². The van der Waals surface area contributed by atoms with Crippen molar-refractivity contribution in [2.45, 2.75) is 18.6 Å². The van der Waals surface area contributed by atoms with E-state index in [2.05, 4.69) is 17.9 Å². The number of thiol groups is 1. The van der Waals surface area contributed by atoms with Gasteiger partial charge in [0.05, 0.1) is 13.0 Å². The summed E-state index contributed by atoms with van der Waals surface area (Å²) in [6.07, 6.45) is 0.264. The second kappa shape index (κ2) is 6.59. The summed E-state index contributed by atoms with van der Waals surface area (Å²) in [5.41, 5.74) is 4.79. The molecule has 6 heteroatoms. The molecule has 0 heterocycles. The molecule has 0 aliphatic rings. The summed E-state index contributed by atoms with van der Waals surface area (Å²) >= 11 is 4.02. The predicted octanol–water partition coefficient (Wildman–Crippen LogP) is -0.0937. The Labute approximate surface area is 82.4 Å². The van der Waals surface area contributed by atoms with Gasteiger partial charge in [0.1, 0.15) is 6.61 Å². The molecular formula is C7H14N2O3S. The fourth-order valence-corrected chi connectivity index (χ4v) is 0.788. The predicted molar refractivity (Wildman–Crippen MR) is 51.6 cm³/mol. The summed E-state index contributed by atoms with van der Waals surface area (Å²) in [6, 6.07) is -0.626. The first kappa shape index (κ1) is 12.1. The van der Waals surface area contributed by atoms with Crippen LogP contribution in [-0.2, 0) is 9.53 Å². The fraction of sp³-hybridized carbons (Fsp3) is 0.714. The maximum absolute atomic E-state index is 10.9. The van der Waals surface area contributed by atoms with Gasteiger partial charge in [-0.3, -0.25) is 4.79 Å². The van der Waals surface area contributed by atoms with Crippen molar-refractivity contribution < 1.29 is 14.3 Å². The molecule has 0 radical (unpaired) electrons. The van der Waals surface area contributed by atoms with Crippen LogP contribution in [0.4, 0.5) is 4.79 Å². The minimum Gasteiger partial charge on any atom is -0.464 e. The molecule has 0 aliphatic carbocycles. The number of rotatable bonds is 5. The summed E-state index contributed by atoms with van der Waals surface area (Å²) in [5.74, 6) is -0.325. The van der Waals surface area contributed by atoms with Crippen molar-refractivity contribution in [3.8, 4) is 0 Å². The molecule has 0 saturated heterocycles. The molecule has 1 atom stereocenters. The molecule has 1 unspecified atom stereocenters. The number of primary amides is 1. The van der Waals surface area contributed by atoms with Gasteiger partial charge in [-0.1, -0.05) is 6.92 Å². The van der Waals surface area contributed by atoms with Crippen LogP contribution in [0.5, 0.6) is 0 Å². The molecule has 0 aromatic rings. The molecular weight excluding hydrogens is 192 g/mol. The average Bonchev–Trinajstić information content (AvgIpc) is 1.96. The lowest BCUT2D eigenvalue weighted by molar-refractivity contribution is -0.143. The van der Waals surface area contributed by atoms with E-state index < -0.39 is 6.03 Å². The van der Waals surface area contributed by atoms with Gasteiger partial charge in [-0.25, -0.2) is 4.79 Å². The molecule has 5 nitrogen and oxygen atoms in total. The average molecular weight is 206 g/mol. The third-order valence-electron chi connectivity index (χ3n) is 1.13. The van der Waals surface area contributed by atoms with Gasteiger partial charge in [0.25, 0.3) is 0 Å². The van der Waals surface area contributed by atoms with Crippen molar-refractivity contribution in [2.75, 3.05) is 13.2 Å². The normalized spacial score (nSPS) is 11.8. The smallest absolute Gasteiger partial charge is 0.312 e. The first-order valence-electron chi connectivity index (χ1n) is 3.89. The van der Waals surface area contributed by atoms with Crippen LogP contribution in [0, 0.1) is 0 Å². The topological polar surface area (TPSA) is 81.4 Å². The Hall–Kier alpha value is -0.910. The van der Waals surface area contributed by atoms with E-state index in [9.17, 15) is 9.59 Å². The Morgan fingerprint density at radius 3 is 2.69 bits per heavy atom. The molecule has 0 aromatic carbocycles. The van der Waals surface area contributed by atoms with Gasteiger partial charge in [0, 0.05) is 5.25 Å². The van der Waals surface area contributed by atoms with Gasteiger partial charge in [-0.2, -0.15) is 12.6 Å². The van der Waals surface area contributed by atoms with Crippen LogP contribution in [0.15, 0.2) is 0 Å². The van der Waals surface area contributed by atoms with Crippen LogP contribution < -0.4 is 11.1 Å². The Balaban J connectivity index is 3.32. The van der Waals surface area contributed by atoms with E-state index in [0.717, 1.165) is 0 Å². The molecule has 3 N–H and O–H groups in total. The molecule has 0 bridgehead atoms. The summed E-state index contributed by atoms with van der Waals surface area (Å²) in [6.45, 7) is 2.18. The highest BCUT2D eigenvalue weighted by atomic mass is 32.1. The highest BCUT2D eigenvalue weighted by molar-refractivity contribution is 7.80. The molecule has 0 fully saturated rings. The Morgan fingerprint density at radius 1 is 1.62 bits per heavy atom. The number of ether oxygens (including phenoxy) is 1. The zero-order valence-corrected chi connectivity index (χ0v) is 8.34. The third kappa shape index (κ3) is 9.00. The van der Waals surface area contributed by atoms with E-state index in [4.69, 9.17) is 10.5 Å². The number of nitrogens with two attached hydrogens (primary N) is 1. The minimum absolute atomic E-state index is 0.0170. The van der Waals surface area contributed by atoms with E-state index >= 15 is 0 Å². The Morgan fingerprint density at radius 2 is 2.23 bits per heavy atom. The second-order valence-corrected chi connectivity index (χ2v) is 3.45.